The van der Waals surface area contributed by atoms with Crippen LogP contribution in [0.4, 0.5) is 11.4 Å². The number of rotatable bonds is 5. The van der Waals surface area contributed by atoms with E-state index in [0.29, 0.717) is 10.2 Å². The Hall–Kier alpha value is -1.63. The molecule has 0 aromatic heterocycles. The average Bonchev–Trinajstić information content (AvgIpc) is 2.19. The van der Waals surface area contributed by atoms with E-state index >= 15 is 0 Å². The van der Waals surface area contributed by atoms with Gasteiger partial charge >= 0.3 is 5.97 Å². The maximum Gasteiger partial charge on any atom is 0.305 e. The normalized spacial score (nSPS) is 9.81. The van der Waals surface area contributed by atoms with Crippen LogP contribution in [-0.4, -0.2) is 22.5 Å². The lowest BCUT2D eigenvalue weighted by atomic mass is 10.2. The standard InChI is InChI=1S/C9H9BrN2O4/c10-6-1-2-7(8(5-6)12(15)16)11-4-3-9(13)14/h1-2,5,11H,3-4H2,(H,13,14). The van der Waals surface area contributed by atoms with E-state index < -0.39 is 10.9 Å². The molecule has 2 N–H and O–H groups in total. The van der Waals surface area contributed by atoms with Crippen molar-refractivity contribution in [3.05, 3.63) is 32.8 Å². The van der Waals surface area contributed by atoms with E-state index in [9.17, 15) is 14.9 Å². The summed E-state index contributed by atoms with van der Waals surface area (Å²) >= 11 is 3.13. The molecule has 16 heavy (non-hydrogen) atoms. The first-order valence-electron chi connectivity index (χ1n) is 4.40. The number of carboxylic acids is 1. The van der Waals surface area contributed by atoms with Crippen molar-refractivity contribution < 1.29 is 14.8 Å². The largest absolute Gasteiger partial charge is 0.481 e. The van der Waals surface area contributed by atoms with E-state index in [-0.39, 0.29) is 18.7 Å². The van der Waals surface area contributed by atoms with Gasteiger partial charge in [-0.3, -0.25) is 14.9 Å². The number of nitrogens with zero attached hydrogens (tertiary/aromatic N) is 1. The predicted octanol–water partition coefficient (Wildman–Crippen LogP) is 2.24. The molecule has 0 fully saturated rings. The topological polar surface area (TPSA) is 92.5 Å². The second-order valence-corrected chi connectivity index (χ2v) is 3.90. The number of carbonyl (C=O) groups is 1. The zero-order chi connectivity index (χ0) is 12.1. The molecule has 0 saturated heterocycles. The molecular weight excluding hydrogens is 280 g/mol. The highest BCUT2D eigenvalue weighted by atomic mass is 79.9. The van der Waals surface area contributed by atoms with Gasteiger partial charge in [-0.05, 0) is 12.1 Å². The van der Waals surface area contributed by atoms with Crippen molar-refractivity contribution in [1.82, 2.24) is 0 Å². The van der Waals surface area contributed by atoms with Gasteiger partial charge in [0.1, 0.15) is 5.69 Å². The van der Waals surface area contributed by atoms with Crippen molar-refractivity contribution in [2.75, 3.05) is 11.9 Å². The zero-order valence-corrected chi connectivity index (χ0v) is 9.73. The SMILES string of the molecule is O=C(O)CCNc1ccc(Br)cc1[N+](=O)[O-]. The van der Waals surface area contributed by atoms with E-state index in [4.69, 9.17) is 5.11 Å². The highest BCUT2D eigenvalue weighted by Crippen LogP contribution is 2.27. The van der Waals surface area contributed by atoms with Gasteiger partial charge in [0.25, 0.3) is 5.69 Å². The molecule has 1 rings (SSSR count). The molecule has 0 aliphatic heterocycles. The lowest BCUT2D eigenvalue weighted by Crippen LogP contribution is -2.08. The molecule has 6 nitrogen and oxygen atoms in total. The minimum absolute atomic E-state index is 0.0836. The average molecular weight is 289 g/mol. The Balaban J connectivity index is 2.78. The van der Waals surface area contributed by atoms with Crippen LogP contribution in [0, 0.1) is 10.1 Å². The van der Waals surface area contributed by atoms with Crippen molar-refractivity contribution in [1.29, 1.82) is 0 Å². The molecule has 0 radical (unpaired) electrons. The lowest BCUT2D eigenvalue weighted by Gasteiger charge is -2.05. The second-order valence-electron chi connectivity index (χ2n) is 2.99. The van der Waals surface area contributed by atoms with Crippen molar-refractivity contribution in [3.8, 4) is 0 Å². The third-order valence-electron chi connectivity index (χ3n) is 1.81. The fourth-order valence-electron chi connectivity index (χ4n) is 1.11. The van der Waals surface area contributed by atoms with Gasteiger partial charge in [-0.15, -0.1) is 0 Å². The Morgan fingerprint density at radius 2 is 2.25 bits per heavy atom. The minimum atomic E-state index is -0.952. The molecule has 0 amide bonds. The first-order chi connectivity index (χ1) is 7.50. The summed E-state index contributed by atoms with van der Waals surface area (Å²) in [5.74, 6) is -0.952. The van der Waals surface area contributed by atoms with Gasteiger partial charge < -0.3 is 10.4 Å². The van der Waals surface area contributed by atoms with Crippen molar-refractivity contribution in [2.24, 2.45) is 0 Å². The molecule has 1 aromatic carbocycles. The van der Waals surface area contributed by atoms with Crippen LogP contribution in [0.2, 0.25) is 0 Å². The smallest absolute Gasteiger partial charge is 0.305 e. The Labute approximate surface area is 99.6 Å². The molecule has 0 spiro atoms. The molecule has 7 heteroatoms. The van der Waals surface area contributed by atoms with Crippen LogP contribution in [-0.2, 0) is 4.79 Å². The third-order valence-corrected chi connectivity index (χ3v) is 2.30. The van der Waals surface area contributed by atoms with Crippen molar-refractivity contribution in [2.45, 2.75) is 6.42 Å². The van der Waals surface area contributed by atoms with E-state index in [0.717, 1.165) is 0 Å². The van der Waals surface area contributed by atoms with Crippen molar-refractivity contribution >= 4 is 33.3 Å². The number of halogens is 1. The van der Waals surface area contributed by atoms with E-state index in [1.54, 1.807) is 6.07 Å². The summed E-state index contributed by atoms with van der Waals surface area (Å²) in [7, 11) is 0. The highest BCUT2D eigenvalue weighted by Gasteiger charge is 2.13. The lowest BCUT2D eigenvalue weighted by molar-refractivity contribution is -0.384. The summed E-state index contributed by atoms with van der Waals surface area (Å²) in [5, 5.41) is 21.8. The second kappa shape index (κ2) is 5.45. The van der Waals surface area contributed by atoms with Crippen LogP contribution in [0.1, 0.15) is 6.42 Å². The molecule has 0 bridgehead atoms. The highest BCUT2D eigenvalue weighted by molar-refractivity contribution is 9.10. The number of aliphatic carboxylic acids is 1. The number of carboxylic acid groups (broad SMARTS) is 1. The molecule has 0 aliphatic carbocycles. The molecule has 1 aromatic rings. The van der Waals surface area contributed by atoms with Gasteiger partial charge in [-0.2, -0.15) is 0 Å². The van der Waals surface area contributed by atoms with Gasteiger partial charge in [0, 0.05) is 17.1 Å². The maximum absolute atomic E-state index is 10.7. The number of hydrogen-bond acceptors (Lipinski definition) is 4. The maximum atomic E-state index is 10.7. The molecule has 0 aliphatic rings. The number of nitro benzene ring substituents is 1. The van der Waals surface area contributed by atoms with Crippen LogP contribution in [0.5, 0.6) is 0 Å². The first-order valence-corrected chi connectivity index (χ1v) is 5.19. The molecule has 0 heterocycles. The molecule has 0 atom stereocenters. The van der Waals surface area contributed by atoms with Crippen LogP contribution in [0.3, 0.4) is 0 Å². The quantitative estimate of drug-likeness (QED) is 0.640. The zero-order valence-electron chi connectivity index (χ0n) is 8.14. The number of benzene rings is 1. The number of nitro groups is 1. The van der Waals surface area contributed by atoms with Gasteiger partial charge in [0.15, 0.2) is 0 Å². The predicted molar refractivity (Wildman–Crippen MR) is 61.5 cm³/mol. The number of hydrogen-bond donors (Lipinski definition) is 2. The Kier molecular flexibility index (Phi) is 4.24. The van der Waals surface area contributed by atoms with Gasteiger partial charge in [-0.25, -0.2) is 0 Å². The molecule has 86 valence electrons. The summed E-state index contributed by atoms with van der Waals surface area (Å²) in [6.45, 7) is 0.151. The number of anilines is 1. The summed E-state index contributed by atoms with van der Waals surface area (Å²) in [6, 6.07) is 4.54. The summed E-state index contributed by atoms with van der Waals surface area (Å²) in [5.41, 5.74) is 0.231. The van der Waals surface area contributed by atoms with Crippen LogP contribution < -0.4 is 5.32 Å². The fourth-order valence-corrected chi connectivity index (χ4v) is 1.46. The van der Waals surface area contributed by atoms with Gasteiger partial charge in [0.05, 0.1) is 11.3 Å². The van der Waals surface area contributed by atoms with E-state index in [1.165, 1.54) is 12.1 Å². The van der Waals surface area contributed by atoms with Crippen LogP contribution >= 0.6 is 15.9 Å². The minimum Gasteiger partial charge on any atom is -0.481 e. The van der Waals surface area contributed by atoms with E-state index in [2.05, 4.69) is 21.2 Å². The molecular formula is C9H9BrN2O4. The van der Waals surface area contributed by atoms with Crippen molar-refractivity contribution in [3.63, 3.8) is 0 Å². The molecule has 0 unspecified atom stereocenters. The first kappa shape index (κ1) is 12.4. The Morgan fingerprint density at radius 3 is 2.81 bits per heavy atom. The monoisotopic (exact) mass is 288 g/mol. The van der Waals surface area contributed by atoms with Gasteiger partial charge in [-0.1, -0.05) is 15.9 Å². The third kappa shape index (κ3) is 3.50. The Morgan fingerprint density at radius 1 is 1.56 bits per heavy atom. The fraction of sp³-hybridized carbons (Fsp3) is 0.222. The summed E-state index contributed by atoms with van der Waals surface area (Å²) in [6.07, 6.45) is -0.0901. The summed E-state index contributed by atoms with van der Waals surface area (Å²) < 4.78 is 0.600. The summed E-state index contributed by atoms with van der Waals surface area (Å²) in [4.78, 5) is 20.5. The van der Waals surface area contributed by atoms with Gasteiger partial charge in [0.2, 0.25) is 0 Å². The van der Waals surface area contributed by atoms with Crippen LogP contribution in [0.15, 0.2) is 22.7 Å². The van der Waals surface area contributed by atoms with Crippen LogP contribution in [0.25, 0.3) is 0 Å². The van der Waals surface area contributed by atoms with E-state index in [1.807, 2.05) is 0 Å². The molecule has 0 saturated carbocycles. The number of nitrogens with one attached hydrogen (secondary N) is 1. The Bertz CT molecular complexity index is 422.